The van der Waals surface area contributed by atoms with E-state index in [0.29, 0.717) is 18.7 Å². The highest BCUT2D eigenvalue weighted by atomic mass is 16.5. The number of fused-ring (bicyclic) bond motifs is 1. The first-order chi connectivity index (χ1) is 15.0. The van der Waals surface area contributed by atoms with E-state index in [1.54, 1.807) is 35.9 Å². The molecule has 0 saturated heterocycles. The van der Waals surface area contributed by atoms with E-state index < -0.39 is 24.5 Å². The van der Waals surface area contributed by atoms with Crippen LogP contribution in [-0.4, -0.2) is 52.0 Å². The molecular weight excluding hydrogens is 398 g/mol. The molecule has 9 heteroatoms. The largest absolute Gasteiger partial charge is 0.452 e. The van der Waals surface area contributed by atoms with Gasteiger partial charge < -0.3 is 15.4 Å². The van der Waals surface area contributed by atoms with Gasteiger partial charge in [-0.25, -0.2) is 9.48 Å². The van der Waals surface area contributed by atoms with Crippen LogP contribution in [0.15, 0.2) is 48.5 Å². The molecule has 0 radical (unpaired) electrons. The standard InChI is InChI=1S/C22H25N5O4/c1-3-12-23-21(29)15(2)24-20(28)14-31-22(30)17-10-8-16(9-11-17)13-27-19-7-5-4-6-18(19)25-26-27/h4-11,15H,3,12-14H2,1-2H3,(H,23,29)(H,24,28)/t15-/m0/s1. The van der Waals surface area contributed by atoms with Crippen LogP contribution in [-0.2, 0) is 20.9 Å². The molecule has 0 bridgehead atoms. The Morgan fingerprint density at radius 2 is 1.84 bits per heavy atom. The molecular formula is C22H25N5O4. The molecule has 2 N–H and O–H groups in total. The van der Waals surface area contributed by atoms with Crippen molar-refractivity contribution in [3.8, 4) is 0 Å². The summed E-state index contributed by atoms with van der Waals surface area (Å²) in [4.78, 5) is 35.9. The lowest BCUT2D eigenvalue weighted by Gasteiger charge is -2.13. The zero-order chi connectivity index (χ0) is 22.2. The third kappa shape index (κ3) is 5.88. The van der Waals surface area contributed by atoms with E-state index in [1.807, 2.05) is 31.2 Å². The minimum Gasteiger partial charge on any atom is -0.452 e. The molecule has 2 amide bonds. The molecule has 162 valence electrons. The van der Waals surface area contributed by atoms with Crippen LogP contribution in [0.25, 0.3) is 11.0 Å². The van der Waals surface area contributed by atoms with E-state index in [4.69, 9.17) is 4.74 Å². The van der Waals surface area contributed by atoms with Crippen LogP contribution in [0.1, 0.15) is 36.2 Å². The van der Waals surface area contributed by atoms with Crippen molar-refractivity contribution in [2.45, 2.75) is 32.9 Å². The minimum absolute atomic E-state index is 0.280. The smallest absolute Gasteiger partial charge is 0.338 e. The molecule has 0 aliphatic rings. The molecule has 31 heavy (non-hydrogen) atoms. The molecule has 0 aliphatic heterocycles. The quantitative estimate of drug-likeness (QED) is 0.506. The van der Waals surface area contributed by atoms with Crippen LogP contribution in [0.3, 0.4) is 0 Å². The third-order valence-corrected chi connectivity index (χ3v) is 4.60. The van der Waals surface area contributed by atoms with E-state index >= 15 is 0 Å². The first-order valence-electron chi connectivity index (χ1n) is 10.1. The molecule has 1 heterocycles. The van der Waals surface area contributed by atoms with Crippen molar-refractivity contribution in [3.05, 3.63) is 59.7 Å². The molecule has 2 aromatic carbocycles. The highest BCUT2D eigenvalue weighted by molar-refractivity contribution is 5.92. The van der Waals surface area contributed by atoms with Gasteiger partial charge >= 0.3 is 5.97 Å². The van der Waals surface area contributed by atoms with Crippen LogP contribution in [0.2, 0.25) is 0 Å². The second kappa shape index (κ2) is 10.3. The zero-order valence-corrected chi connectivity index (χ0v) is 17.5. The zero-order valence-electron chi connectivity index (χ0n) is 17.5. The number of amides is 2. The van der Waals surface area contributed by atoms with Crippen LogP contribution < -0.4 is 10.6 Å². The number of rotatable bonds is 9. The first kappa shape index (κ1) is 21.9. The number of aromatic nitrogens is 3. The fraction of sp³-hybridized carbons (Fsp3) is 0.318. The number of ether oxygens (including phenoxy) is 1. The van der Waals surface area contributed by atoms with Crippen LogP contribution >= 0.6 is 0 Å². The van der Waals surface area contributed by atoms with Crippen molar-refractivity contribution < 1.29 is 19.1 Å². The average molecular weight is 423 g/mol. The molecule has 3 aromatic rings. The summed E-state index contributed by atoms with van der Waals surface area (Å²) < 4.78 is 6.83. The second-order valence-electron chi connectivity index (χ2n) is 7.09. The Bertz CT molecular complexity index is 1060. The Labute approximate surface area is 179 Å². The Morgan fingerprint density at radius 1 is 1.10 bits per heavy atom. The van der Waals surface area contributed by atoms with Gasteiger partial charge in [0.25, 0.3) is 5.91 Å². The number of benzene rings is 2. The fourth-order valence-corrected chi connectivity index (χ4v) is 2.92. The Hall–Kier alpha value is -3.75. The van der Waals surface area contributed by atoms with E-state index in [-0.39, 0.29) is 5.91 Å². The monoisotopic (exact) mass is 423 g/mol. The number of carbonyl (C=O) groups excluding carboxylic acids is 3. The predicted octanol–water partition coefficient (Wildman–Crippen LogP) is 1.67. The minimum atomic E-state index is -0.704. The summed E-state index contributed by atoms with van der Waals surface area (Å²) in [5, 5.41) is 13.5. The van der Waals surface area contributed by atoms with Crippen molar-refractivity contribution in [2.75, 3.05) is 13.2 Å². The fourth-order valence-electron chi connectivity index (χ4n) is 2.92. The molecule has 1 atom stereocenters. The van der Waals surface area contributed by atoms with E-state index in [2.05, 4.69) is 20.9 Å². The number of esters is 1. The summed E-state index contributed by atoms with van der Waals surface area (Å²) in [6.45, 7) is 4.10. The number of hydrogen-bond acceptors (Lipinski definition) is 6. The Kier molecular flexibility index (Phi) is 7.31. The lowest BCUT2D eigenvalue weighted by Crippen LogP contribution is -2.46. The van der Waals surface area contributed by atoms with Gasteiger partial charge in [-0.3, -0.25) is 9.59 Å². The summed E-state index contributed by atoms with van der Waals surface area (Å²) >= 11 is 0. The number of hydrogen-bond donors (Lipinski definition) is 2. The maximum Gasteiger partial charge on any atom is 0.338 e. The maximum atomic E-state index is 12.2. The topological polar surface area (TPSA) is 115 Å². The molecule has 0 aliphatic carbocycles. The van der Waals surface area contributed by atoms with Gasteiger partial charge in [0, 0.05) is 6.54 Å². The average Bonchev–Trinajstić information content (AvgIpc) is 3.19. The molecule has 0 fully saturated rings. The van der Waals surface area contributed by atoms with E-state index in [9.17, 15) is 14.4 Å². The number of para-hydroxylation sites is 1. The Morgan fingerprint density at radius 3 is 2.58 bits per heavy atom. The van der Waals surface area contributed by atoms with Gasteiger partial charge in [-0.2, -0.15) is 0 Å². The molecule has 0 unspecified atom stereocenters. The molecule has 0 saturated carbocycles. The van der Waals surface area contributed by atoms with E-state index in [0.717, 1.165) is 23.0 Å². The summed E-state index contributed by atoms with van der Waals surface area (Å²) in [5.74, 6) is -1.43. The van der Waals surface area contributed by atoms with Crippen molar-refractivity contribution in [1.82, 2.24) is 25.6 Å². The van der Waals surface area contributed by atoms with Crippen molar-refractivity contribution in [3.63, 3.8) is 0 Å². The van der Waals surface area contributed by atoms with Gasteiger partial charge in [0.2, 0.25) is 5.91 Å². The van der Waals surface area contributed by atoms with Gasteiger partial charge in [0.15, 0.2) is 6.61 Å². The van der Waals surface area contributed by atoms with Gasteiger partial charge in [-0.1, -0.05) is 36.4 Å². The van der Waals surface area contributed by atoms with E-state index in [1.165, 1.54) is 0 Å². The van der Waals surface area contributed by atoms with Gasteiger partial charge in [-0.05, 0) is 43.2 Å². The van der Waals surface area contributed by atoms with Crippen molar-refractivity contribution in [2.24, 2.45) is 0 Å². The van der Waals surface area contributed by atoms with Crippen molar-refractivity contribution in [1.29, 1.82) is 0 Å². The number of nitrogens with one attached hydrogen (secondary N) is 2. The van der Waals surface area contributed by atoms with Crippen LogP contribution in [0.4, 0.5) is 0 Å². The second-order valence-corrected chi connectivity index (χ2v) is 7.09. The van der Waals surface area contributed by atoms with Gasteiger partial charge in [0.1, 0.15) is 11.6 Å². The normalized spacial score (nSPS) is 11.7. The van der Waals surface area contributed by atoms with Crippen LogP contribution in [0, 0.1) is 0 Å². The molecule has 1 aromatic heterocycles. The molecule has 9 nitrogen and oxygen atoms in total. The SMILES string of the molecule is CCCNC(=O)[C@H](C)NC(=O)COC(=O)c1ccc(Cn2nnc3ccccc32)cc1. The number of carbonyl (C=O) groups is 3. The van der Waals surface area contributed by atoms with Crippen molar-refractivity contribution >= 4 is 28.8 Å². The van der Waals surface area contributed by atoms with Gasteiger partial charge in [-0.15, -0.1) is 5.10 Å². The lowest BCUT2D eigenvalue weighted by atomic mass is 10.1. The first-order valence-corrected chi connectivity index (χ1v) is 10.1. The highest BCUT2D eigenvalue weighted by Crippen LogP contribution is 2.13. The Balaban J connectivity index is 1.50. The summed E-state index contributed by atoms with van der Waals surface area (Å²) in [5.41, 5.74) is 3.01. The van der Waals surface area contributed by atoms with Crippen LogP contribution in [0.5, 0.6) is 0 Å². The maximum absolute atomic E-state index is 12.2. The summed E-state index contributed by atoms with van der Waals surface area (Å²) in [6, 6.07) is 13.8. The number of nitrogens with zero attached hydrogens (tertiary/aromatic N) is 3. The predicted molar refractivity (Wildman–Crippen MR) is 114 cm³/mol. The molecule has 3 rings (SSSR count). The summed E-state index contributed by atoms with van der Waals surface area (Å²) in [6.07, 6.45) is 0.804. The lowest BCUT2D eigenvalue weighted by molar-refractivity contribution is -0.130. The third-order valence-electron chi connectivity index (χ3n) is 4.60. The van der Waals surface area contributed by atoms with Gasteiger partial charge in [0.05, 0.1) is 17.6 Å². The highest BCUT2D eigenvalue weighted by Gasteiger charge is 2.16. The molecule has 0 spiro atoms. The summed E-state index contributed by atoms with van der Waals surface area (Å²) in [7, 11) is 0.